The van der Waals surface area contributed by atoms with Crippen LogP contribution in [0.5, 0.6) is 0 Å². The molecule has 2 aromatic rings. The molecule has 0 saturated heterocycles. The van der Waals surface area contributed by atoms with Gasteiger partial charge in [-0.1, -0.05) is 30.8 Å². The second-order valence-electron chi connectivity index (χ2n) is 3.83. The third kappa shape index (κ3) is 2.63. The van der Waals surface area contributed by atoms with Gasteiger partial charge in [0, 0.05) is 5.69 Å². The van der Waals surface area contributed by atoms with Crippen LogP contribution >= 0.6 is 0 Å². The minimum absolute atomic E-state index is 0.275. The molecule has 0 aromatic heterocycles. The maximum absolute atomic E-state index is 12.8. The molecule has 0 fully saturated rings. The highest BCUT2D eigenvalue weighted by atomic mass is 19.1. The van der Waals surface area contributed by atoms with Crippen LogP contribution in [-0.4, -0.2) is 6.41 Å². The Bertz CT molecular complexity index is 575. The van der Waals surface area contributed by atoms with Gasteiger partial charge in [-0.15, -0.1) is 0 Å². The Kier molecular flexibility index (Phi) is 3.53. The summed E-state index contributed by atoms with van der Waals surface area (Å²) in [6.45, 7) is 3.99. The summed E-state index contributed by atoms with van der Waals surface area (Å²) in [5.74, 6) is -0.275. The van der Waals surface area contributed by atoms with Crippen LogP contribution in [0.2, 0.25) is 0 Å². The zero-order valence-electron chi connectivity index (χ0n) is 9.69. The fraction of sp³-hybridized carbons (Fsp3) is 0. The molecular weight excluding hydrogens is 229 g/mol. The van der Waals surface area contributed by atoms with Crippen molar-refractivity contribution in [2.24, 2.45) is 0 Å². The molecule has 1 amide bonds. The Morgan fingerprint density at radius 2 is 1.83 bits per heavy atom. The molecule has 0 aliphatic heterocycles. The van der Waals surface area contributed by atoms with E-state index in [0.717, 1.165) is 16.7 Å². The van der Waals surface area contributed by atoms with Crippen LogP contribution in [0.1, 0.15) is 11.1 Å². The summed E-state index contributed by atoms with van der Waals surface area (Å²) in [6.07, 6.45) is 0.625. The lowest BCUT2D eigenvalue weighted by Crippen LogP contribution is -1.94. The minimum atomic E-state index is -0.275. The number of benzene rings is 2. The van der Waals surface area contributed by atoms with Gasteiger partial charge in [0.2, 0.25) is 6.41 Å². The van der Waals surface area contributed by atoms with Gasteiger partial charge in [0.25, 0.3) is 0 Å². The predicted molar refractivity (Wildman–Crippen MR) is 70.7 cm³/mol. The van der Waals surface area contributed by atoms with E-state index in [1.54, 1.807) is 18.2 Å². The molecule has 2 nitrogen and oxygen atoms in total. The normalized spacial score (nSPS) is 9.83. The van der Waals surface area contributed by atoms with Crippen LogP contribution < -0.4 is 5.32 Å². The molecule has 18 heavy (non-hydrogen) atoms. The monoisotopic (exact) mass is 241 g/mol. The van der Waals surface area contributed by atoms with Crippen molar-refractivity contribution in [2.75, 3.05) is 5.32 Å². The van der Waals surface area contributed by atoms with Crippen molar-refractivity contribution >= 4 is 17.7 Å². The van der Waals surface area contributed by atoms with E-state index >= 15 is 0 Å². The molecule has 0 bridgehead atoms. The first-order chi connectivity index (χ1) is 8.70. The van der Waals surface area contributed by atoms with E-state index in [9.17, 15) is 9.18 Å². The van der Waals surface area contributed by atoms with Crippen molar-refractivity contribution in [2.45, 2.75) is 0 Å². The standard InChI is InChI=1S/C15H12FNO/c1-11(12-5-7-14(16)8-6-12)13-3-2-4-15(9-13)17-10-18/h2-10H,1H2,(H,17,18). The van der Waals surface area contributed by atoms with Crippen LogP contribution in [0.3, 0.4) is 0 Å². The van der Waals surface area contributed by atoms with E-state index in [1.807, 2.05) is 18.2 Å². The fourth-order valence-corrected chi connectivity index (χ4v) is 1.68. The molecule has 90 valence electrons. The largest absolute Gasteiger partial charge is 0.329 e. The van der Waals surface area contributed by atoms with Crippen LogP contribution in [0.25, 0.3) is 5.57 Å². The Balaban J connectivity index is 2.30. The Morgan fingerprint density at radius 1 is 1.11 bits per heavy atom. The molecule has 0 radical (unpaired) electrons. The highest BCUT2D eigenvalue weighted by Crippen LogP contribution is 2.23. The van der Waals surface area contributed by atoms with Gasteiger partial charge in [-0.25, -0.2) is 4.39 Å². The van der Waals surface area contributed by atoms with Crippen molar-refractivity contribution in [3.8, 4) is 0 Å². The van der Waals surface area contributed by atoms with Gasteiger partial charge in [0.1, 0.15) is 5.82 Å². The maximum atomic E-state index is 12.8. The average Bonchev–Trinajstić information content (AvgIpc) is 2.39. The first-order valence-electron chi connectivity index (χ1n) is 5.46. The van der Waals surface area contributed by atoms with Gasteiger partial charge in [-0.05, 0) is 41.0 Å². The van der Waals surface area contributed by atoms with E-state index in [4.69, 9.17) is 0 Å². The third-order valence-electron chi connectivity index (χ3n) is 2.63. The van der Waals surface area contributed by atoms with Gasteiger partial charge in [0.15, 0.2) is 0 Å². The molecule has 0 aliphatic carbocycles. The maximum Gasteiger partial charge on any atom is 0.211 e. The van der Waals surface area contributed by atoms with Crippen LogP contribution in [-0.2, 0) is 4.79 Å². The first-order valence-corrected chi connectivity index (χ1v) is 5.46. The van der Waals surface area contributed by atoms with Crippen molar-refractivity contribution in [3.63, 3.8) is 0 Å². The van der Waals surface area contributed by atoms with E-state index in [1.165, 1.54) is 12.1 Å². The highest BCUT2D eigenvalue weighted by Gasteiger charge is 2.03. The molecular formula is C15H12FNO. The summed E-state index contributed by atoms with van der Waals surface area (Å²) in [5, 5.41) is 2.58. The number of hydrogen-bond donors (Lipinski definition) is 1. The summed E-state index contributed by atoms with van der Waals surface area (Å²) in [6, 6.07) is 13.5. The molecule has 3 heteroatoms. The zero-order chi connectivity index (χ0) is 13.0. The van der Waals surface area contributed by atoms with Crippen molar-refractivity contribution < 1.29 is 9.18 Å². The van der Waals surface area contributed by atoms with Gasteiger partial charge in [0.05, 0.1) is 0 Å². The Morgan fingerprint density at radius 3 is 2.50 bits per heavy atom. The molecule has 2 rings (SSSR count). The summed E-state index contributed by atoms with van der Waals surface area (Å²) in [7, 11) is 0. The topological polar surface area (TPSA) is 29.1 Å². The van der Waals surface area contributed by atoms with Gasteiger partial charge >= 0.3 is 0 Å². The molecule has 0 atom stereocenters. The number of carbonyl (C=O) groups excluding carboxylic acids is 1. The predicted octanol–water partition coefficient (Wildman–Crippen LogP) is 3.46. The second kappa shape index (κ2) is 5.27. The summed E-state index contributed by atoms with van der Waals surface area (Å²) >= 11 is 0. The van der Waals surface area contributed by atoms with Gasteiger partial charge in [-0.3, -0.25) is 4.79 Å². The molecule has 0 spiro atoms. The molecule has 0 aliphatic rings. The summed E-state index contributed by atoms with van der Waals surface area (Å²) in [5.41, 5.74) is 3.21. The number of carbonyl (C=O) groups is 1. The smallest absolute Gasteiger partial charge is 0.211 e. The Hall–Kier alpha value is -2.42. The number of anilines is 1. The first kappa shape index (κ1) is 12.0. The van der Waals surface area contributed by atoms with Crippen molar-refractivity contribution in [3.05, 3.63) is 72.1 Å². The van der Waals surface area contributed by atoms with Crippen molar-refractivity contribution in [1.82, 2.24) is 0 Å². The number of rotatable bonds is 4. The molecule has 0 heterocycles. The van der Waals surface area contributed by atoms with E-state index in [0.29, 0.717) is 12.1 Å². The quantitative estimate of drug-likeness (QED) is 0.816. The average molecular weight is 241 g/mol. The number of halogens is 1. The minimum Gasteiger partial charge on any atom is -0.329 e. The lowest BCUT2D eigenvalue weighted by Gasteiger charge is -2.08. The van der Waals surface area contributed by atoms with E-state index in [2.05, 4.69) is 11.9 Å². The molecule has 0 saturated carbocycles. The van der Waals surface area contributed by atoms with Crippen molar-refractivity contribution in [1.29, 1.82) is 0 Å². The van der Waals surface area contributed by atoms with E-state index < -0.39 is 0 Å². The van der Waals surface area contributed by atoms with Crippen LogP contribution in [0.4, 0.5) is 10.1 Å². The molecule has 1 N–H and O–H groups in total. The highest BCUT2D eigenvalue weighted by molar-refractivity contribution is 5.81. The lowest BCUT2D eigenvalue weighted by atomic mass is 9.99. The number of nitrogens with one attached hydrogen (secondary N) is 1. The number of amides is 1. The van der Waals surface area contributed by atoms with Gasteiger partial charge in [-0.2, -0.15) is 0 Å². The van der Waals surface area contributed by atoms with E-state index in [-0.39, 0.29) is 5.82 Å². The molecule has 0 unspecified atom stereocenters. The fourth-order valence-electron chi connectivity index (χ4n) is 1.68. The zero-order valence-corrected chi connectivity index (χ0v) is 9.69. The van der Waals surface area contributed by atoms with Crippen LogP contribution in [0, 0.1) is 5.82 Å². The molecule has 2 aromatic carbocycles. The SMILES string of the molecule is C=C(c1ccc(F)cc1)c1cccc(NC=O)c1. The third-order valence-corrected chi connectivity index (χ3v) is 2.63. The summed E-state index contributed by atoms with van der Waals surface area (Å²) < 4.78 is 12.8. The second-order valence-corrected chi connectivity index (χ2v) is 3.83. The van der Waals surface area contributed by atoms with Crippen LogP contribution in [0.15, 0.2) is 55.1 Å². The lowest BCUT2D eigenvalue weighted by molar-refractivity contribution is -0.105. The Labute approximate surface area is 105 Å². The summed E-state index contributed by atoms with van der Waals surface area (Å²) in [4.78, 5) is 10.4. The van der Waals surface area contributed by atoms with Gasteiger partial charge < -0.3 is 5.32 Å². The number of hydrogen-bond acceptors (Lipinski definition) is 1.